The van der Waals surface area contributed by atoms with Gasteiger partial charge in [-0.1, -0.05) is 76.2 Å². The summed E-state index contributed by atoms with van der Waals surface area (Å²) in [6, 6.07) is 17.8. The second-order valence-electron chi connectivity index (χ2n) is 5.55. The lowest BCUT2D eigenvalue weighted by Gasteiger charge is -2.09. The number of hydrogen-bond donors (Lipinski definition) is 4. The van der Waals surface area contributed by atoms with E-state index >= 15 is 0 Å². The van der Waals surface area contributed by atoms with Gasteiger partial charge in [0.15, 0.2) is 0 Å². The summed E-state index contributed by atoms with van der Waals surface area (Å²) in [5.74, 6) is 1.20. The SMILES string of the molecule is CC(C)c1ccc(-c2ccc(C(C)C)cc2)cc1.OO.OO. The second kappa shape index (κ2) is 10.9. The Morgan fingerprint density at radius 1 is 0.500 bits per heavy atom. The Kier molecular flexibility index (Phi) is 10.1. The quantitative estimate of drug-likeness (QED) is 0.437. The lowest BCUT2D eigenvalue weighted by Crippen LogP contribution is -1.88. The number of rotatable bonds is 3. The van der Waals surface area contributed by atoms with Gasteiger partial charge in [0.2, 0.25) is 0 Å². The summed E-state index contributed by atoms with van der Waals surface area (Å²) in [6.07, 6.45) is 0. The molecule has 4 N–H and O–H groups in total. The van der Waals surface area contributed by atoms with E-state index < -0.39 is 0 Å². The minimum absolute atomic E-state index is 0.599. The Morgan fingerprint density at radius 3 is 0.909 bits per heavy atom. The van der Waals surface area contributed by atoms with Crippen LogP contribution in [0.4, 0.5) is 0 Å². The standard InChI is InChI=1S/C18H22.2H2O2/c1-13(2)15-5-9-17(10-6-15)18-11-7-16(8-12-18)14(3)4;2*1-2/h5-14H,1-4H3;2*1-2H. The third-order valence-electron chi connectivity index (χ3n) is 3.49. The highest BCUT2D eigenvalue weighted by molar-refractivity contribution is 5.64. The Morgan fingerprint density at radius 2 is 0.727 bits per heavy atom. The summed E-state index contributed by atoms with van der Waals surface area (Å²) in [6.45, 7) is 8.91. The molecule has 0 unspecified atom stereocenters. The van der Waals surface area contributed by atoms with E-state index in [0.717, 1.165) is 0 Å². The maximum atomic E-state index is 6.00. The van der Waals surface area contributed by atoms with Gasteiger partial charge in [0.05, 0.1) is 0 Å². The molecule has 0 aliphatic rings. The number of benzene rings is 2. The smallest absolute Gasteiger partial charge is 0.0184 e. The summed E-state index contributed by atoms with van der Waals surface area (Å²) in [5, 5.41) is 24.0. The Hall–Kier alpha value is -1.72. The van der Waals surface area contributed by atoms with Crippen LogP contribution in [-0.2, 0) is 0 Å². The normalized spacial score (nSPS) is 9.73. The fourth-order valence-electron chi connectivity index (χ4n) is 2.12. The molecular weight excluding hydrogens is 280 g/mol. The predicted octanol–water partition coefficient (Wildman–Crippen LogP) is 5.64. The molecule has 0 heterocycles. The van der Waals surface area contributed by atoms with Crippen molar-refractivity contribution in [1.82, 2.24) is 0 Å². The average molecular weight is 306 g/mol. The van der Waals surface area contributed by atoms with Crippen molar-refractivity contribution < 1.29 is 21.0 Å². The minimum Gasteiger partial charge on any atom is -0.255 e. The Bertz CT molecular complexity index is 452. The van der Waals surface area contributed by atoms with Crippen molar-refractivity contribution in [3.05, 3.63) is 59.7 Å². The topological polar surface area (TPSA) is 80.9 Å². The molecule has 0 fully saturated rings. The van der Waals surface area contributed by atoms with E-state index in [-0.39, 0.29) is 0 Å². The van der Waals surface area contributed by atoms with Crippen LogP contribution in [-0.4, -0.2) is 21.0 Å². The zero-order valence-electron chi connectivity index (χ0n) is 13.6. The van der Waals surface area contributed by atoms with Gasteiger partial charge in [-0.05, 0) is 34.1 Å². The summed E-state index contributed by atoms with van der Waals surface area (Å²) >= 11 is 0. The summed E-state index contributed by atoms with van der Waals surface area (Å²) in [4.78, 5) is 0. The maximum absolute atomic E-state index is 6.00. The van der Waals surface area contributed by atoms with Crippen molar-refractivity contribution in [2.24, 2.45) is 0 Å². The fourth-order valence-corrected chi connectivity index (χ4v) is 2.12. The molecular formula is C18H26O4. The largest absolute Gasteiger partial charge is 0.255 e. The van der Waals surface area contributed by atoms with Crippen LogP contribution in [0.15, 0.2) is 48.5 Å². The van der Waals surface area contributed by atoms with Crippen molar-refractivity contribution in [2.45, 2.75) is 39.5 Å². The molecule has 2 rings (SSSR count). The van der Waals surface area contributed by atoms with Crippen LogP contribution in [0.25, 0.3) is 11.1 Å². The van der Waals surface area contributed by atoms with Gasteiger partial charge in [0, 0.05) is 0 Å². The zero-order valence-corrected chi connectivity index (χ0v) is 13.6. The van der Waals surface area contributed by atoms with Crippen LogP contribution in [0.2, 0.25) is 0 Å². The van der Waals surface area contributed by atoms with Gasteiger partial charge in [0.1, 0.15) is 0 Å². The zero-order chi connectivity index (χ0) is 17.1. The van der Waals surface area contributed by atoms with Crippen LogP contribution in [0.3, 0.4) is 0 Å². The third-order valence-corrected chi connectivity index (χ3v) is 3.49. The molecule has 0 bridgehead atoms. The monoisotopic (exact) mass is 306 g/mol. The first-order valence-corrected chi connectivity index (χ1v) is 7.18. The second-order valence-corrected chi connectivity index (χ2v) is 5.55. The first kappa shape index (κ1) is 20.3. The van der Waals surface area contributed by atoms with E-state index in [1.165, 1.54) is 22.3 Å². The Labute approximate surface area is 132 Å². The van der Waals surface area contributed by atoms with E-state index in [1.54, 1.807) is 0 Å². The molecule has 0 spiro atoms. The molecule has 0 radical (unpaired) electrons. The molecule has 0 saturated heterocycles. The first-order valence-electron chi connectivity index (χ1n) is 7.18. The highest BCUT2D eigenvalue weighted by Crippen LogP contribution is 2.24. The summed E-state index contributed by atoms with van der Waals surface area (Å²) in [7, 11) is 0. The van der Waals surface area contributed by atoms with Gasteiger partial charge in [-0.3, -0.25) is 21.0 Å². The van der Waals surface area contributed by atoms with Crippen molar-refractivity contribution >= 4 is 0 Å². The summed E-state index contributed by atoms with van der Waals surface area (Å²) < 4.78 is 0. The molecule has 2 aromatic rings. The molecule has 0 atom stereocenters. The van der Waals surface area contributed by atoms with Gasteiger partial charge in [0.25, 0.3) is 0 Å². The van der Waals surface area contributed by atoms with Crippen molar-refractivity contribution in [3.63, 3.8) is 0 Å². The molecule has 22 heavy (non-hydrogen) atoms. The van der Waals surface area contributed by atoms with Crippen LogP contribution < -0.4 is 0 Å². The van der Waals surface area contributed by atoms with E-state index in [0.29, 0.717) is 11.8 Å². The molecule has 0 aliphatic carbocycles. The van der Waals surface area contributed by atoms with Crippen LogP contribution >= 0.6 is 0 Å². The highest BCUT2D eigenvalue weighted by Gasteiger charge is 2.02. The van der Waals surface area contributed by atoms with Gasteiger partial charge in [-0.25, -0.2) is 0 Å². The van der Waals surface area contributed by atoms with Gasteiger partial charge < -0.3 is 0 Å². The lowest BCUT2D eigenvalue weighted by atomic mass is 9.96. The predicted molar refractivity (Wildman–Crippen MR) is 90.6 cm³/mol. The van der Waals surface area contributed by atoms with Crippen LogP contribution in [0.5, 0.6) is 0 Å². The molecule has 4 heteroatoms. The van der Waals surface area contributed by atoms with Crippen LogP contribution in [0.1, 0.15) is 50.7 Å². The fraction of sp³-hybridized carbons (Fsp3) is 0.333. The molecule has 0 saturated carbocycles. The first-order chi connectivity index (χ1) is 10.6. The van der Waals surface area contributed by atoms with E-state index in [9.17, 15) is 0 Å². The maximum Gasteiger partial charge on any atom is -0.0184 e. The molecule has 122 valence electrons. The lowest BCUT2D eigenvalue weighted by molar-refractivity contribution is -0.176. The van der Waals surface area contributed by atoms with Crippen LogP contribution in [0, 0.1) is 0 Å². The van der Waals surface area contributed by atoms with Crippen molar-refractivity contribution in [3.8, 4) is 11.1 Å². The molecule has 0 aliphatic heterocycles. The Balaban J connectivity index is 0.00000102. The summed E-state index contributed by atoms with van der Waals surface area (Å²) in [5.41, 5.74) is 5.40. The van der Waals surface area contributed by atoms with Gasteiger partial charge in [-0.15, -0.1) is 0 Å². The number of hydrogen-bond acceptors (Lipinski definition) is 4. The average Bonchev–Trinajstić information content (AvgIpc) is 2.58. The van der Waals surface area contributed by atoms with Crippen molar-refractivity contribution in [2.75, 3.05) is 0 Å². The third kappa shape index (κ3) is 5.95. The van der Waals surface area contributed by atoms with E-state index in [1.807, 2.05) is 0 Å². The van der Waals surface area contributed by atoms with E-state index in [4.69, 9.17) is 21.0 Å². The molecule has 0 amide bonds. The molecule has 4 nitrogen and oxygen atoms in total. The van der Waals surface area contributed by atoms with Gasteiger partial charge >= 0.3 is 0 Å². The highest BCUT2D eigenvalue weighted by atomic mass is 17.0. The minimum atomic E-state index is 0.599. The van der Waals surface area contributed by atoms with E-state index in [2.05, 4.69) is 76.2 Å². The van der Waals surface area contributed by atoms with Crippen molar-refractivity contribution in [1.29, 1.82) is 0 Å². The molecule has 2 aromatic carbocycles. The molecule has 0 aromatic heterocycles. The van der Waals surface area contributed by atoms with Gasteiger partial charge in [-0.2, -0.15) is 0 Å².